The summed E-state index contributed by atoms with van der Waals surface area (Å²) in [5.41, 5.74) is 1.16. The Bertz CT molecular complexity index is 385. The molecular weight excluding hydrogens is 220 g/mol. The summed E-state index contributed by atoms with van der Waals surface area (Å²) < 4.78 is 14.8. The van der Waals surface area contributed by atoms with Crippen molar-refractivity contribution in [2.75, 3.05) is 21.0 Å². The van der Waals surface area contributed by atoms with Crippen molar-refractivity contribution in [1.82, 2.24) is 0 Å². The van der Waals surface area contributed by atoms with Crippen molar-refractivity contribution in [3.8, 4) is 5.75 Å². The fraction of sp³-hybridized carbons (Fsp3) is 0.462. The third-order valence-electron chi connectivity index (χ3n) is 2.95. The van der Waals surface area contributed by atoms with Gasteiger partial charge < -0.3 is 14.2 Å². The zero-order chi connectivity index (χ0) is 12.3. The molecule has 0 saturated heterocycles. The summed E-state index contributed by atoms with van der Waals surface area (Å²) in [7, 11) is 3.01. The summed E-state index contributed by atoms with van der Waals surface area (Å²) in [4.78, 5) is 11.3. The van der Waals surface area contributed by atoms with E-state index in [4.69, 9.17) is 14.2 Å². The molecule has 0 N–H and O–H groups in total. The highest BCUT2D eigenvalue weighted by atomic mass is 16.7. The van der Waals surface area contributed by atoms with Crippen LogP contribution in [0.25, 0.3) is 0 Å². The van der Waals surface area contributed by atoms with Crippen molar-refractivity contribution in [2.45, 2.75) is 12.3 Å². The summed E-state index contributed by atoms with van der Waals surface area (Å²) in [5, 5.41) is 0. The highest BCUT2D eigenvalue weighted by Crippen LogP contribution is 2.48. The lowest BCUT2D eigenvalue weighted by Crippen LogP contribution is -2.04. The van der Waals surface area contributed by atoms with E-state index in [9.17, 15) is 4.79 Å². The van der Waals surface area contributed by atoms with E-state index in [1.807, 2.05) is 24.3 Å². The van der Waals surface area contributed by atoms with Gasteiger partial charge in [-0.05, 0) is 30.0 Å². The number of methoxy groups -OCH3 is 2. The quantitative estimate of drug-likeness (QED) is 0.579. The number of carbonyl (C=O) groups is 1. The molecule has 4 heteroatoms. The molecule has 92 valence electrons. The maximum atomic E-state index is 11.3. The van der Waals surface area contributed by atoms with Crippen LogP contribution in [0.5, 0.6) is 5.75 Å². The Kier molecular flexibility index (Phi) is 3.64. The first-order valence-electron chi connectivity index (χ1n) is 5.55. The minimum absolute atomic E-state index is 0.0331. The van der Waals surface area contributed by atoms with E-state index in [1.54, 1.807) is 7.11 Å². The lowest BCUT2D eigenvalue weighted by Gasteiger charge is -2.05. The van der Waals surface area contributed by atoms with E-state index >= 15 is 0 Å². The molecule has 1 unspecified atom stereocenters. The molecule has 0 radical (unpaired) electrons. The van der Waals surface area contributed by atoms with Gasteiger partial charge >= 0.3 is 5.97 Å². The van der Waals surface area contributed by atoms with Gasteiger partial charge in [-0.15, -0.1) is 0 Å². The van der Waals surface area contributed by atoms with Crippen LogP contribution < -0.4 is 4.74 Å². The van der Waals surface area contributed by atoms with Crippen molar-refractivity contribution in [2.24, 2.45) is 5.92 Å². The van der Waals surface area contributed by atoms with Crippen LogP contribution in [-0.4, -0.2) is 27.0 Å². The van der Waals surface area contributed by atoms with Crippen LogP contribution in [0.15, 0.2) is 24.3 Å². The van der Waals surface area contributed by atoms with Gasteiger partial charge in [0.25, 0.3) is 0 Å². The van der Waals surface area contributed by atoms with Crippen LogP contribution in [0.2, 0.25) is 0 Å². The van der Waals surface area contributed by atoms with Crippen LogP contribution >= 0.6 is 0 Å². The van der Waals surface area contributed by atoms with Crippen molar-refractivity contribution in [1.29, 1.82) is 0 Å². The van der Waals surface area contributed by atoms with E-state index in [0.717, 1.165) is 17.7 Å². The molecule has 0 spiro atoms. The van der Waals surface area contributed by atoms with Crippen molar-refractivity contribution in [3.63, 3.8) is 0 Å². The summed E-state index contributed by atoms with van der Waals surface area (Å²) in [5.74, 6) is 0.991. The number of hydrogen-bond donors (Lipinski definition) is 0. The zero-order valence-electron chi connectivity index (χ0n) is 10.0. The highest BCUT2D eigenvalue weighted by molar-refractivity contribution is 5.77. The van der Waals surface area contributed by atoms with Crippen LogP contribution in [0.4, 0.5) is 0 Å². The Labute approximate surface area is 100 Å². The molecule has 0 heterocycles. The molecule has 0 bridgehead atoms. The molecule has 0 amide bonds. The number of carbonyl (C=O) groups excluding carboxylic acids is 1. The van der Waals surface area contributed by atoms with Crippen LogP contribution in [0.1, 0.15) is 17.9 Å². The lowest BCUT2D eigenvalue weighted by molar-refractivity contribution is -0.142. The van der Waals surface area contributed by atoms with Gasteiger partial charge in [0, 0.05) is 7.11 Å². The Morgan fingerprint density at radius 1 is 1.29 bits per heavy atom. The number of rotatable bonds is 5. The first-order chi connectivity index (χ1) is 8.26. The van der Waals surface area contributed by atoms with Gasteiger partial charge in [0.15, 0.2) is 6.79 Å². The van der Waals surface area contributed by atoms with Crippen molar-refractivity contribution in [3.05, 3.63) is 29.8 Å². The molecule has 4 nitrogen and oxygen atoms in total. The SMILES string of the molecule is COCOc1ccc([C@H]2CC2C(=O)OC)cc1. The molecule has 0 aromatic heterocycles. The van der Waals surface area contributed by atoms with Gasteiger partial charge in [-0.2, -0.15) is 0 Å². The Hall–Kier alpha value is -1.55. The van der Waals surface area contributed by atoms with E-state index in [1.165, 1.54) is 7.11 Å². The summed E-state index contributed by atoms with van der Waals surface area (Å²) in [6.45, 7) is 0.244. The van der Waals surface area contributed by atoms with Crippen molar-refractivity contribution >= 4 is 5.97 Å². The first-order valence-corrected chi connectivity index (χ1v) is 5.55. The Balaban J connectivity index is 1.93. The second-order valence-corrected chi connectivity index (χ2v) is 4.09. The topological polar surface area (TPSA) is 44.8 Å². The largest absolute Gasteiger partial charge is 0.469 e. The Morgan fingerprint density at radius 2 is 2.00 bits per heavy atom. The number of ether oxygens (including phenoxy) is 3. The predicted molar refractivity (Wildman–Crippen MR) is 61.8 cm³/mol. The molecule has 1 aliphatic rings. The molecule has 2 atom stereocenters. The maximum absolute atomic E-state index is 11.3. The number of benzene rings is 1. The highest BCUT2D eigenvalue weighted by Gasteiger charge is 2.44. The molecule has 1 fully saturated rings. The Morgan fingerprint density at radius 3 is 2.59 bits per heavy atom. The van der Waals surface area contributed by atoms with E-state index in [2.05, 4.69) is 0 Å². The van der Waals surface area contributed by atoms with Gasteiger partial charge in [0.1, 0.15) is 5.75 Å². The summed E-state index contributed by atoms with van der Waals surface area (Å²) in [6, 6.07) is 7.75. The molecular formula is C13H16O4. The maximum Gasteiger partial charge on any atom is 0.309 e. The molecule has 2 rings (SSSR count). The van der Waals surface area contributed by atoms with E-state index in [-0.39, 0.29) is 18.7 Å². The average Bonchev–Trinajstić information content (AvgIpc) is 3.16. The minimum atomic E-state index is -0.116. The number of hydrogen-bond acceptors (Lipinski definition) is 4. The van der Waals surface area contributed by atoms with Crippen LogP contribution in [0, 0.1) is 5.92 Å². The van der Waals surface area contributed by atoms with Gasteiger partial charge in [-0.3, -0.25) is 4.79 Å². The second kappa shape index (κ2) is 5.19. The lowest BCUT2D eigenvalue weighted by atomic mass is 10.1. The second-order valence-electron chi connectivity index (χ2n) is 4.09. The molecule has 1 aromatic rings. The molecule has 1 aromatic carbocycles. The molecule has 0 aliphatic heterocycles. The summed E-state index contributed by atoms with van der Waals surface area (Å²) >= 11 is 0. The van der Waals surface area contributed by atoms with Gasteiger partial charge in [-0.25, -0.2) is 0 Å². The van der Waals surface area contributed by atoms with E-state index in [0.29, 0.717) is 5.92 Å². The van der Waals surface area contributed by atoms with Crippen LogP contribution in [-0.2, 0) is 14.3 Å². The van der Waals surface area contributed by atoms with Crippen LogP contribution in [0.3, 0.4) is 0 Å². The standard InChI is InChI=1S/C13H16O4/c1-15-8-17-10-5-3-9(4-6-10)11-7-12(11)13(14)16-2/h3-6,11-12H,7-8H2,1-2H3/t11-,12?/m1/s1. The van der Waals surface area contributed by atoms with Gasteiger partial charge in [0.05, 0.1) is 13.0 Å². The van der Waals surface area contributed by atoms with Crippen molar-refractivity contribution < 1.29 is 19.0 Å². The fourth-order valence-electron chi connectivity index (χ4n) is 1.91. The third-order valence-corrected chi connectivity index (χ3v) is 2.95. The zero-order valence-corrected chi connectivity index (χ0v) is 10.0. The molecule has 17 heavy (non-hydrogen) atoms. The minimum Gasteiger partial charge on any atom is -0.469 e. The smallest absolute Gasteiger partial charge is 0.309 e. The van der Waals surface area contributed by atoms with Gasteiger partial charge in [-0.1, -0.05) is 12.1 Å². The van der Waals surface area contributed by atoms with Gasteiger partial charge in [0.2, 0.25) is 0 Å². The first kappa shape index (κ1) is 11.9. The predicted octanol–water partition coefficient (Wildman–Crippen LogP) is 1.95. The normalized spacial score (nSPS) is 22.0. The molecule has 1 aliphatic carbocycles. The average molecular weight is 236 g/mol. The van der Waals surface area contributed by atoms with E-state index < -0.39 is 0 Å². The molecule has 1 saturated carbocycles. The number of esters is 1. The summed E-state index contributed by atoms with van der Waals surface area (Å²) in [6.07, 6.45) is 0.880. The fourth-order valence-corrected chi connectivity index (χ4v) is 1.91. The third kappa shape index (κ3) is 2.77. The monoisotopic (exact) mass is 236 g/mol.